The van der Waals surface area contributed by atoms with Crippen LogP contribution < -0.4 is 0 Å². The molecule has 2 aromatic heterocycles. The lowest BCUT2D eigenvalue weighted by Crippen LogP contribution is -2.37. The summed E-state index contributed by atoms with van der Waals surface area (Å²) >= 11 is 1.61. The average molecular weight is 396 g/mol. The average Bonchev–Trinajstić information content (AvgIpc) is 3.47. The number of nitrogens with zero attached hydrogens (tertiary/aromatic N) is 3. The molecule has 6 heteroatoms. The number of likely N-dealkylation sites (N-methyl/N-ethyl adjacent to an activating group) is 1. The van der Waals surface area contributed by atoms with Crippen molar-refractivity contribution in [3.05, 3.63) is 65.2 Å². The number of aromatic nitrogens is 2. The molecule has 1 aliphatic rings. The minimum atomic E-state index is 0.0284. The lowest BCUT2D eigenvalue weighted by Gasteiger charge is -2.23. The van der Waals surface area contributed by atoms with Gasteiger partial charge in [-0.05, 0) is 36.8 Å². The molecule has 28 heavy (non-hydrogen) atoms. The lowest BCUT2D eigenvalue weighted by atomic mass is 10.1. The molecule has 146 valence electrons. The molecule has 0 aliphatic carbocycles. The summed E-state index contributed by atoms with van der Waals surface area (Å²) in [6.07, 6.45) is 4.14. The summed E-state index contributed by atoms with van der Waals surface area (Å²) in [4.78, 5) is 16.3. The fraction of sp³-hybridized carbons (Fsp3) is 0.364. The van der Waals surface area contributed by atoms with Crippen LogP contribution in [0.25, 0.3) is 10.6 Å². The number of carbonyl (C=O) groups is 1. The predicted octanol–water partition coefficient (Wildman–Crippen LogP) is 4.30. The second-order valence-electron chi connectivity index (χ2n) is 7.03. The van der Waals surface area contributed by atoms with E-state index in [2.05, 4.69) is 12.1 Å². The van der Waals surface area contributed by atoms with Gasteiger partial charge >= 0.3 is 0 Å². The molecule has 1 saturated heterocycles. The topological polar surface area (TPSA) is 47.4 Å². The van der Waals surface area contributed by atoms with E-state index in [9.17, 15) is 4.79 Å². The summed E-state index contributed by atoms with van der Waals surface area (Å²) in [5, 5.41) is 6.78. The van der Waals surface area contributed by atoms with Crippen molar-refractivity contribution in [2.45, 2.75) is 32.4 Å². The van der Waals surface area contributed by atoms with E-state index in [1.165, 1.54) is 0 Å². The number of rotatable bonds is 7. The Labute approximate surface area is 169 Å². The van der Waals surface area contributed by atoms with Crippen LogP contribution in [-0.2, 0) is 11.3 Å². The van der Waals surface area contributed by atoms with E-state index in [1.807, 2.05) is 58.4 Å². The van der Waals surface area contributed by atoms with E-state index >= 15 is 0 Å². The highest BCUT2D eigenvalue weighted by molar-refractivity contribution is 7.13. The standard InChI is InChI=1S/C22H25N3O2S/c1-2-24(15-18-10-6-12-27-18)22(26)19-16-25(14-17-8-4-3-5-9-17)23-21(19)20-11-7-13-28-20/h3-5,7-9,11,13,16,18H,2,6,10,12,14-15H2,1H3. The van der Waals surface area contributed by atoms with E-state index in [0.717, 1.165) is 35.6 Å². The number of hydrogen-bond acceptors (Lipinski definition) is 4. The third kappa shape index (κ3) is 4.18. The van der Waals surface area contributed by atoms with Gasteiger partial charge < -0.3 is 9.64 Å². The maximum Gasteiger partial charge on any atom is 0.257 e. The van der Waals surface area contributed by atoms with Crippen LogP contribution in [0.2, 0.25) is 0 Å². The van der Waals surface area contributed by atoms with E-state index < -0.39 is 0 Å². The summed E-state index contributed by atoms with van der Waals surface area (Å²) in [5.41, 5.74) is 2.59. The van der Waals surface area contributed by atoms with Crippen LogP contribution in [0.15, 0.2) is 54.0 Å². The summed E-state index contributed by atoms with van der Waals surface area (Å²) in [5.74, 6) is 0.0284. The molecule has 1 fully saturated rings. The van der Waals surface area contributed by atoms with Gasteiger partial charge in [-0.15, -0.1) is 11.3 Å². The summed E-state index contributed by atoms with van der Waals surface area (Å²) in [6, 6.07) is 14.2. The monoisotopic (exact) mass is 395 g/mol. The van der Waals surface area contributed by atoms with E-state index in [0.29, 0.717) is 25.2 Å². The van der Waals surface area contributed by atoms with Gasteiger partial charge in [0.05, 0.1) is 23.1 Å². The third-order valence-corrected chi connectivity index (χ3v) is 5.93. The van der Waals surface area contributed by atoms with Crippen LogP contribution in [0, 0.1) is 0 Å². The largest absolute Gasteiger partial charge is 0.376 e. The predicted molar refractivity (Wildman–Crippen MR) is 112 cm³/mol. The second kappa shape index (κ2) is 8.71. The smallest absolute Gasteiger partial charge is 0.257 e. The Morgan fingerprint density at radius 3 is 2.82 bits per heavy atom. The zero-order chi connectivity index (χ0) is 19.3. The van der Waals surface area contributed by atoms with Gasteiger partial charge in [-0.3, -0.25) is 9.48 Å². The SMILES string of the molecule is CCN(CC1CCCO1)C(=O)c1cn(Cc2ccccc2)nc1-c1cccs1. The minimum Gasteiger partial charge on any atom is -0.376 e. The van der Waals surface area contributed by atoms with Gasteiger partial charge in [0.15, 0.2) is 0 Å². The van der Waals surface area contributed by atoms with Crippen LogP contribution in [0.3, 0.4) is 0 Å². The van der Waals surface area contributed by atoms with Gasteiger partial charge in [0, 0.05) is 25.9 Å². The molecular weight excluding hydrogens is 370 g/mol. The van der Waals surface area contributed by atoms with Crippen molar-refractivity contribution < 1.29 is 9.53 Å². The summed E-state index contributed by atoms with van der Waals surface area (Å²) in [6.45, 7) is 4.76. The van der Waals surface area contributed by atoms with Crippen molar-refractivity contribution in [3.63, 3.8) is 0 Å². The zero-order valence-electron chi connectivity index (χ0n) is 16.1. The van der Waals surface area contributed by atoms with Crippen molar-refractivity contribution in [3.8, 4) is 10.6 Å². The van der Waals surface area contributed by atoms with E-state index in [1.54, 1.807) is 11.3 Å². The molecule has 1 amide bonds. The number of ether oxygens (including phenoxy) is 1. The van der Waals surface area contributed by atoms with Gasteiger partial charge in [-0.2, -0.15) is 5.10 Å². The van der Waals surface area contributed by atoms with Crippen molar-refractivity contribution in [1.29, 1.82) is 0 Å². The fourth-order valence-electron chi connectivity index (χ4n) is 3.58. The summed E-state index contributed by atoms with van der Waals surface area (Å²) in [7, 11) is 0. The molecular formula is C22H25N3O2S. The second-order valence-corrected chi connectivity index (χ2v) is 7.98. The van der Waals surface area contributed by atoms with Crippen LogP contribution in [0.1, 0.15) is 35.7 Å². The quantitative estimate of drug-likeness (QED) is 0.599. The van der Waals surface area contributed by atoms with Gasteiger partial charge in [-0.25, -0.2) is 0 Å². The maximum atomic E-state index is 13.4. The highest BCUT2D eigenvalue weighted by Gasteiger charge is 2.26. The first kappa shape index (κ1) is 18.9. The molecule has 0 bridgehead atoms. The fourth-order valence-corrected chi connectivity index (χ4v) is 4.31. The highest BCUT2D eigenvalue weighted by Crippen LogP contribution is 2.28. The van der Waals surface area contributed by atoms with E-state index in [-0.39, 0.29) is 12.0 Å². The van der Waals surface area contributed by atoms with Gasteiger partial charge in [-0.1, -0.05) is 36.4 Å². The molecule has 3 aromatic rings. The molecule has 4 rings (SSSR count). The Morgan fingerprint density at radius 2 is 2.14 bits per heavy atom. The molecule has 3 heterocycles. The number of benzene rings is 1. The molecule has 1 atom stereocenters. The third-order valence-electron chi connectivity index (χ3n) is 5.05. The van der Waals surface area contributed by atoms with Gasteiger partial charge in [0.2, 0.25) is 0 Å². The lowest BCUT2D eigenvalue weighted by molar-refractivity contribution is 0.0539. The van der Waals surface area contributed by atoms with Crippen LogP contribution >= 0.6 is 11.3 Å². The van der Waals surface area contributed by atoms with Crippen molar-refractivity contribution in [2.75, 3.05) is 19.7 Å². The Bertz CT molecular complexity index is 899. The summed E-state index contributed by atoms with van der Waals surface area (Å²) < 4.78 is 7.62. The zero-order valence-corrected chi connectivity index (χ0v) is 16.9. The highest BCUT2D eigenvalue weighted by atomic mass is 32.1. The van der Waals surface area contributed by atoms with Crippen LogP contribution in [0.5, 0.6) is 0 Å². The first-order valence-corrected chi connectivity index (χ1v) is 10.7. The van der Waals surface area contributed by atoms with Crippen molar-refractivity contribution in [1.82, 2.24) is 14.7 Å². The molecule has 5 nitrogen and oxygen atoms in total. The number of hydrogen-bond donors (Lipinski definition) is 0. The first-order valence-electron chi connectivity index (χ1n) is 9.80. The molecule has 1 unspecified atom stereocenters. The Kier molecular flexibility index (Phi) is 5.88. The number of carbonyl (C=O) groups excluding carboxylic acids is 1. The maximum absolute atomic E-state index is 13.4. The van der Waals surface area contributed by atoms with Crippen LogP contribution in [0.4, 0.5) is 0 Å². The van der Waals surface area contributed by atoms with E-state index in [4.69, 9.17) is 9.84 Å². The van der Waals surface area contributed by atoms with Crippen molar-refractivity contribution >= 4 is 17.2 Å². The Morgan fingerprint density at radius 1 is 1.29 bits per heavy atom. The molecule has 0 N–H and O–H groups in total. The Hall–Kier alpha value is -2.44. The van der Waals surface area contributed by atoms with Crippen molar-refractivity contribution in [2.24, 2.45) is 0 Å². The first-order chi connectivity index (χ1) is 13.7. The molecule has 1 aromatic carbocycles. The number of amides is 1. The van der Waals surface area contributed by atoms with Crippen LogP contribution in [-0.4, -0.2) is 46.4 Å². The Balaban J connectivity index is 1.62. The molecule has 0 radical (unpaired) electrons. The number of thiophene rings is 1. The van der Waals surface area contributed by atoms with Gasteiger partial charge in [0.1, 0.15) is 5.69 Å². The molecule has 0 spiro atoms. The molecule has 1 aliphatic heterocycles. The normalized spacial score (nSPS) is 16.4. The minimum absolute atomic E-state index is 0.0284. The molecule has 0 saturated carbocycles. The van der Waals surface area contributed by atoms with Gasteiger partial charge in [0.25, 0.3) is 5.91 Å².